The van der Waals surface area contributed by atoms with Crippen LogP contribution in [0.1, 0.15) is 35.3 Å². The molecule has 5 heteroatoms. The van der Waals surface area contributed by atoms with Gasteiger partial charge in [0.25, 0.3) is 5.91 Å². The molecule has 1 aromatic rings. The molecular formula is C15H16N2O3. The molecule has 0 spiro atoms. The number of aromatic nitrogens is 1. The summed E-state index contributed by atoms with van der Waals surface area (Å²) in [4.78, 5) is 16.4. The monoisotopic (exact) mass is 272 g/mol. The van der Waals surface area contributed by atoms with E-state index < -0.39 is 0 Å². The van der Waals surface area contributed by atoms with Gasteiger partial charge >= 0.3 is 0 Å². The number of fused-ring (bicyclic) bond motifs is 2. The summed E-state index contributed by atoms with van der Waals surface area (Å²) in [6.45, 7) is -0.240. The molecule has 0 saturated carbocycles. The molecule has 2 saturated heterocycles. The Hall–Kier alpha value is -1.90. The number of hydrogen-bond acceptors (Lipinski definition) is 4. The zero-order chi connectivity index (χ0) is 13.9. The minimum atomic E-state index is -0.240. The van der Waals surface area contributed by atoms with E-state index in [1.165, 1.54) is 0 Å². The number of hydrogen-bond donors (Lipinski definition) is 2. The van der Waals surface area contributed by atoms with Gasteiger partial charge in [0.15, 0.2) is 0 Å². The molecule has 2 fully saturated rings. The van der Waals surface area contributed by atoms with Gasteiger partial charge in [0.1, 0.15) is 12.3 Å². The van der Waals surface area contributed by atoms with Gasteiger partial charge in [-0.15, -0.1) is 0 Å². The molecule has 0 aromatic carbocycles. The van der Waals surface area contributed by atoms with Crippen LogP contribution in [0.15, 0.2) is 18.3 Å². The van der Waals surface area contributed by atoms with Crippen molar-refractivity contribution >= 4 is 5.91 Å². The van der Waals surface area contributed by atoms with Crippen molar-refractivity contribution in [3.05, 3.63) is 29.6 Å². The predicted octanol–water partition coefficient (Wildman–Crippen LogP) is 0.475. The van der Waals surface area contributed by atoms with Crippen molar-refractivity contribution in [3.8, 4) is 11.8 Å². The smallest absolute Gasteiger partial charge is 0.271 e. The average molecular weight is 272 g/mol. The number of aliphatic hydroxyl groups excluding tert-OH is 1. The third kappa shape index (κ3) is 2.53. The average Bonchev–Trinajstić information content (AvgIpc) is 3.08. The second-order valence-electron chi connectivity index (χ2n) is 5.05. The normalized spacial score (nSPS) is 26.9. The summed E-state index contributed by atoms with van der Waals surface area (Å²) in [5.74, 6) is 5.06. The van der Waals surface area contributed by atoms with Crippen LogP contribution in [0.25, 0.3) is 0 Å². The van der Waals surface area contributed by atoms with E-state index in [-0.39, 0.29) is 24.7 Å². The number of nitrogens with zero attached hydrogens (tertiary/aromatic N) is 1. The van der Waals surface area contributed by atoms with Crippen molar-refractivity contribution in [2.24, 2.45) is 0 Å². The second kappa shape index (κ2) is 5.61. The van der Waals surface area contributed by atoms with Crippen molar-refractivity contribution in [2.45, 2.75) is 37.5 Å². The molecule has 2 N–H and O–H groups in total. The third-order valence-corrected chi connectivity index (χ3v) is 3.75. The molecule has 2 aliphatic rings. The summed E-state index contributed by atoms with van der Waals surface area (Å²) in [6.07, 6.45) is 4.97. The summed E-state index contributed by atoms with van der Waals surface area (Å²) in [6, 6.07) is 3.52. The van der Waals surface area contributed by atoms with E-state index in [9.17, 15) is 4.79 Å². The maximum absolute atomic E-state index is 12.3. The summed E-state index contributed by atoms with van der Waals surface area (Å²) in [7, 11) is 0. The Balaban J connectivity index is 1.74. The molecule has 3 unspecified atom stereocenters. The first-order valence-electron chi connectivity index (χ1n) is 6.79. The summed E-state index contributed by atoms with van der Waals surface area (Å²) in [5, 5.41) is 11.7. The van der Waals surface area contributed by atoms with Gasteiger partial charge in [-0.2, -0.15) is 0 Å². The first-order valence-corrected chi connectivity index (χ1v) is 6.79. The van der Waals surface area contributed by atoms with Crippen LogP contribution in [-0.4, -0.2) is 40.9 Å². The van der Waals surface area contributed by atoms with Crippen molar-refractivity contribution in [3.63, 3.8) is 0 Å². The number of rotatable bonds is 2. The minimum Gasteiger partial charge on any atom is -0.384 e. The number of amides is 1. The lowest BCUT2D eigenvalue weighted by molar-refractivity contribution is 0.0837. The minimum absolute atomic E-state index is 0.0712. The molecule has 3 heterocycles. The lowest BCUT2D eigenvalue weighted by Crippen LogP contribution is -2.41. The highest BCUT2D eigenvalue weighted by molar-refractivity contribution is 5.95. The highest BCUT2D eigenvalue weighted by Crippen LogP contribution is 2.34. The van der Waals surface area contributed by atoms with Crippen LogP contribution in [-0.2, 0) is 4.74 Å². The van der Waals surface area contributed by atoms with E-state index in [1.54, 1.807) is 18.3 Å². The van der Waals surface area contributed by atoms with E-state index >= 15 is 0 Å². The molecule has 2 aliphatic heterocycles. The van der Waals surface area contributed by atoms with Crippen molar-refractivity contribution in [1.82, 2.24) is 10.3 Å². The van der Waals surface area contributed by atoms with Crippen LogP contribution >= 0.6 is 0 Å². The van der Waals surface area contributed by atoms with Crippen LogP contribution in [0, 0.1) is 11.8 Å². The Morgan fingerprint density at radius 2 is 2.45 bits per heavy atom. The van der Waals surface area contributed by atoms with Gasteiger partial charge in [0.05, 0.1) is 23.8 Å². The molecule has 2 bridgehead atoms. The summed E-state index contributed by atoms with van der Waals surface area (Å²) < 4.78 is 5.72. The van der Waals surface area contributed by atoms with Gasteiger partial charge in [-0.3, -0.25) is 4.79 Å². The maximum Gasteiger partial charge on any atom is 0.271 e. The SMILES string of the molecule is O=C(NC1CC2CCC1O2)c1ncccc1C#CCO. The Bertz CT molecular complexity index is 576. The lowest BCUT2D eigenvalue weighted by Gasteiger charge is -2.19. The Morgan fingerprint density at radius 1 is 1.55 bits per heavy atom. The molecule has 1 amide bonds. The van der Waals surface area contributed by atoms with Crippen LogP contribution in [0.4, 0.5) is 0 Å². The van der Waals surface area contributed by atoms with Gasteiger partial charge < -0.3 is 15.2 Å². The fraction of sp³-hybridized carbons (Fsp3) is 0.467. The fourth-order valence-corrected chi connectivity index (χ4v) is 2.85. The van der Waals surface area contributed by atoms with Gasteiger partial charge in [-0.1, -0.05) is 11.8 Å². The number of carbonyl (C=O) groups excluding carboxylic acids is 1. The van der Waals surface area contributed by atoms with E-state index in [0.29, 0.717) is 17.4 Å². The fourth-order valence-electron chi connectivity index (χ4n) is 2.85. The molecule has 20 heavy (non-hydrogen) atoms. The number of aliphatic hydroxyl groups is 1. The van der Waals surface area contributed by atoms with Gasteiger partial charge in [-0.25, -0.2) is 4.98 Å². The van der Waals surface area contributed by atoms with Crippen LogP contribution in [0.5, 0.6) is 0 Å². The van der Waals surface area contributed by atoms with Crippen molar-refractivity contribution < 1.29 is 14.6 Å². The van der Waals surface area contributed by atoms with E-state index in [4.69, 9.17) is 9.84 Å². The highest BCUT2D eigenvalue weighted by Gasteiger charge is 2.41. The van der Waals surface area contributed by atoms with Crippen LogP contribution in [0.3, 0.4) is 0 Å². The van der Waals surface area contributed by atoms with Crippen molar-refractivity contribution in [2.75, 3.05) is 6.61 Å². The number of carbonyl (C=O) groups is 1. The molecular weight excluding hydrogens is 256 g/mol. The molecule has 5 nitrogen and oxygen atoms in total. The molecule has 104 valence electrons. The molecule has 1 aromatic heterocycles. The van der Waals surface area contributed by atoms with E-state index in [0.717, 1.165) is 19.3 Å². The Kier molecular flexibility index (Phi) is 3.68. The standard InChI is InChI=1S/C15H16N2O3/c18-8-2-4-10-3-1-7-16-14(10)15(19)17-12-9-11-5-6-13(12)20-11/h1,3,7,11-13,18H,5-6,8-9H2,(H,17,19). The van der Waals surface area contributed by atoms with E-state index in [1.807, 2.05) is 0 Å². The predicted molar refractivity (Wildman–Crippen MR) is 72.0 cm³/mol. The number of nitrogens with one attached hydrogen (secondary N) is 1. The molecule has 3 atom stereocenters. The van der Waals surface area contributed by atoms with Crippen LogP contribution in [0.2, 0.25) is 0 Å². The molecule has 0 aliphatic carbocycles. The number of pyridine rings is 1. The largest absolute Gasteiger partial charge is 0.384 e. The quantitative estimate of drug-likeness (QED) is 0.768. The summed E-state index contributed by atoms with van der Waals surface area (Å²) in [5.41, 5.74) is 0.833. The second-order valence-corrected chi connectivity index (χ2v) is 5.05. The van der Waals surface area contributed by atoms with Gasteiger partial charge in [0.2, 0.25) is 0 Å². The topological polar surface area (TPSA) is 71.5 Å². The number of ether oxygens (including phenoxy) is 1. The molecule has 3 rings (SSSR count). The Morgan fingerprint density at radius 3 is 3.15 bits per heavy atom. The van der Waals surface area contributed by atoms with E-state index in [2.05, 4.69) is 22.1 Å². The maximum atomic E-state index is 12.3. The van der Waals surface area contributed by atoms with Gasteiger partial charge in [0, 0.05) is 6.20 Å². The van der Waals surface area contributed by atoms with Crippen LogP contribution < -0.4 is 5.32 Å². The first-order chi connectivity index (χ1) is 9.78. The first kappa shape index (κ1) is 13.1. The van der Waals surface area contributed by atoms with Crippen molar-refractivity contribution in [1.29, 1.82) is 0 Å². The lowest BCUT2D eigenvalue weighted by atomic mass is 9.95. The zero-order valence-corrected chi connectivity index (χ0v) is 11.0. The third-order valence-electron chi connectivity index (χ3n) is 3.75. The van der Waals surface area contributed by atoms with Gasteiger partial charge in [-0.05, 0) is 31.4 Å². The Labute approximate surface area is 117 Å². The zero-order valence-electron chi connectivity index (χ0n) is 11.0. The summed E-state index contributed by atoms with van der Waals surface area (Å²) >= 11 is 0. The molecule has 0 radical (unpaired) electrons. The highest BCUT2D eigenvalue weighted by atomic mass is 16.5.